The third kappa shape index (κ3) is 3.17. The second-order valence-corrected chi connectivity index (χ2v) is 5.29. The molecule has 0 saturated heterocycles. The third-order valence-electron chi connectivity index (χ3n) is 2.86. The Hall–Kier alpha value is -1.75. The molecule has 0 spiro atoms. The van der Waals surface area contributed by atoms with Crippen LogP contribution in [0.5, 0.6) is 11.5 Å². The van der Waals surface area contributed by atoms with Gasteiger partial charge >= 0.3 is 0 Å². The number of hydrogen-bond donors (Lipinski definition) is 1. The number of anilines is 1. The SMILES string of the molecule is COc1ccc(NC(C)c2csc(C)n2)c(OC)c1. The number of hydrogen-bond acceptors (Lipinski definition) is 5. The maximum absolute atomic E-state index is 5.37. The number of thiazole rings is 1. The van der Waals surface area contributed by atoms with Crippen molar-refractivity contribution in [3.05, 3.63) is 34.3 Å². The lowest BCUT2D eigenvalue weighted by atomic mass is 10.2. The van der Waals surface area contributed by atoms with Crippen LogP contribution in [0, 0.1) is 6.92 Å². The molecule has 5 heteroatoms. The highest BCUT2D eigenvalue weighted by Gasteiger charge is 2.12. The summed E-state index contributed by atoms with van der Waals surface area (Å²) in [5.41, 5.74) is 1.97. The predicted octanol–water partition coefficient (Wildman–Crippen LogP) is 3.64. The van der Waals surface area contributed by atoms with Gasteiger partial charge in [-0.05, 0) is 26.0 Å². The van der Waals surface area contributed by atoms with E-state index in [0.29, 0.717) is 0 Å². The van der Waals surface area contributed by atoms with Gasteiger partial charge in [0.2, 0.25) is 0 Å². The summed E-state index contributed by atoms with van der Waals surface area (Å²) in [5.74, 6) is 1.54. The smallest absolute Gasteiger partial charge is 0.145 e. The Morgan fingerprint density at radius 3 is 2.63 bits per heavy atom. The lowest BCUT2D eigenvalue weighted by Gasteiger charge is -2.16. The van der Waals surface area contributed by atoms with E-state index in [-0.39, 0.29) is 6.04 Å². The first-order chi connectivity index (χ1) is 9.13. The van der Waals surface area contributed by atoms with Crippen molar-refractivity contribution in [1.82, 2.24) is 4.98 Å². The zero-order valence-corrected chi connectivity index (χ0v) is 12.4. The highest BCUT2D eigenvalue weighted by atomic mass is 32.1. The minimum absolute atomic E-state index is 0.132. The molecule has 0 aliphatic rings. The number of methoxy groups -OCH3 is 2. The van der Waals surface area contributed by atoms with Crippen LogP contribution in [0.1, 0.15) is 23.7 Å². The fourth-order valence-corrected chi connectivity index (χ4v) is 2.51. The summed E-state index contributed by atoms with van der Waals surface area (Å²) >= 11 is 1.66. The zero-order chi connectivity index (χ0) is 13.8. The predicted molar refractivity (Wildman–Crippen MR) is 78.4 cm³/mol. The molecule has 1 aromatic heterocycles. The first-order valence-electron chi connectivity index (χ1n) is 6.04. The summed E-state index contributed by atoms with van der Waals surface area (Å²) in [4.78, 5) is 4.49. The van der Waals surface area contributed by atoms with E-state index in [2.05, 4.69) is 22.6 Å². The van der Waals surface area contributed by atoms with Crippen LogP contribution in [0.2, 0.25) is 0 Å². The van der Waals surface area contributed by atoms with E-state index in [4.69, 9.17) is 9.47 Å². The number of ether oxygens (including phenoxy) is 2. The van der Waals surface area contributed by atoms with Crippen molar-refractivity contribution in [2.24, 2.45) is 0 Å². The minimum Gasteiger partial charge on any atom is -0.497 e. The Morgan fingerprint density at radius 1 is 1.26 bits per heavy atom. The summed E-state index contributed by atoms with van der Waals surface area (Å²) in [6, 6.07) is 5.85. The highest BCUT2D eigenvalue weighted by molar-refractivity contribution is 7.09. The third-order valence-corrected chi connectivity index (χ3v) is 3.65. The van der Waals surface area contributed by atoms with Gasteiger partial charge in [0.05, 0.1) is 36.7 Å². The van der Waals surface area contributed by atoms with Gasteiger partial charge in [-0.2, -0.15) is 0 Å². The molecule has 19 heavy (non-hydrogen) atoms. The molecule has 1 N–H and O–H groups in total. The standard InChI is InChI=1S/C14H18N2O2S/c1-9(13-8-19-10(2)16-13)15-12-6-5-11(17-3)7-14(12)18-4/h5-9,15H,1-4H3. The lowest BCUT2D eigenvalue weighted by molar-refractivity contribution is 0.395. The summed E-state index contributed by atoms with van der Waals surface area (Å²) in [6.07, 6.45) is 0. The Bertz CT molecular complexity index is 554. The van der Waals surface area contributed by atoms with Crippen LogP contribution in [0.15, 0.2) is 23.6 Å². The second-order valence-electron chi connectivity index (χ2n) is 4.22. The van der Waals surface area contributed by atoms with Crippen molar-refractivity contribution in [3.8, 4) is 11.5 Å². The molecule has 0 aliphatic carbocycles. The van der Waals surface area contributed by atoms with Gasteiger partial charge in [-0.3, -0.25) is 0 Å². The normalized spacial score (nSPS) is 12.0. The Balaban J connectivity index is 2.18. The maximum atomic E-state index is 5.37. The molecule has 1 heterocycles. The largest absolute Gasteiger partial charge is 0.497 e. The van der Waals surface area contributed by atoms with E-state index < -0.39 is 0 Å². The highest BCUT2D eigenvalue weighted by Crippen LogP contribution is 2.31. The van der Waals surface area contributed by atoms with Crippen LogP contribution in [-0.4, -0.2) is 19.2 Å². The quantitative estimate of drug-likeness (QED) is 0.906. The van der Waals surface area contributed by atoms with Crippen LogP contribution < -0.4 is 14.8 Å². The molecule has 0 saturated carbocycles. The Morgan fingerprint density at radius 2 is 2.05 bits per heavy atom. The maximum Gasteiger partial charge on any atom is 0.145 e. The van der Waals surface area contributed by atoms with Crippen LogP contribution in [0.4, 0.5) is 5.69 Å². The fraction of sp³-hybridized carbons (Fsp3) is 0.357. The molecule has 0 aliphatic heterocycles. The van der Waals surface area contributed by atoms with Crippen molar-refractivity contribution < 1.29 is 9.47 Å². The first-order valence-corrected chi connectivity index (χ1v) is 6.92. The van der Waals surface area contributed by atoms with Crippen molar-refractivity contribution >= 4 is 17.0 Å². The molecule has 0 amide bonds. The summed E-state index contributed by atoms with van der Waals surface area (Å²) in [5, 5.41) is 6.55. The molecular weight excluding hydrogens is 260 g/mol. The molecule has 2 aromatic rings. The minimum atomic E-state index is 0.132. The summed E-state index contributed by atoms with van der Waals surface area (Å²) in [7, 11) is 3.29. The molecule has 1 unspecified atom stereocenters. The monoisotopic (exact) mass is 278 g/mol. The average molecular weight is 278 g/mol. The second kappa shape index (κ2) is 5.93. The molecule has 1 atom stereocenters. The lowest BCUT2D eigenvalue weighted by Crippen LogP contribution is -2.08. The molecular formula is C14H18N2O2S. The number of rotatable bonds is 5. The number of aryl methyl sites for hydroxylation is 1. The van der Waals surface area contributed by atoms with Gasteiger partial charge in [-0.15, -0.1) is 11.3 Å². The van der Waals surface area contributed by atoms with Gasteiger partial charge in [0.15, 0.2) is 0 Å². The molecule has 0 bridgehead atoms. The number of aromatic nitrogens is 1. The summed E-state index contributed by atoms with van der Waals surface area (Å²) in [6.45, 7) is 4.09. The van der Waals surface area contributed by atoms with Crippen molar-refractivity contribution in [2.75, 3.05) is 19.5 Å². The molecule has 0 fully saturated rings. The van der Waals surface area contributed by atoms with Crippen molar-refractivity contribution in [1.29, 1.82) is 0 Å². The Labute approximate surface area is 117 Å². The van der Waals surface area contributed by atoms with E-state index in [1.807, 2.05) is 25.1 Å². The van der Waals surface area contributed by atoms with Gasteiger partial charge in [0.1, 0.15) is 11.5 Å². The molecule has 2 rings (SSSR count). The molecule has 1 aromatic carbocycles. The number of benzene rings is 1. The van der Waals surface area contributed by atoms with Gasteiger partial charge in [0, 0.05) is 11.4 Å². The topological polar surface area (TPSA) is 43.4 Å². The van der Waals surface area contributed by atoms with Crippen molar-refractivity contribution in [2.45, 2.75) is 19.9 Å². The van der Waals surface area contributed by atoms with Gasteiger partial charge in [0.25, 0.3) is 0 Å². The number of nitrogens with zero attached hydrogens (tertiary/aromatic N) is 1. The van der Waals surface area contributed by atoms with Crippen LogP contribution in [0.25, 0.3) is 0 Å². The van der Waals surface area contributed by atoms with E-state index >= 15 is 0 Å². The van der Waals surface area contributed by atoms with Crippen molar-refractivity contribution in [3.63, 3.8) is 0 Å². The average Bonchev–Trinajstić information content (AvgIpc) is 2.86. The molecule has 102 valence electrons. The Kier molecular flexibility index (Phi) is 4.27. The van der Waals surface area contributed by atoms with Gasteiger partial charge < -0.3 is 14.8 Å². The van der Waals surface area contributed by atoms with Gasteiger partial charge in [-0.1, -0.05) is 0 Å². The zero-order valence-electron chi connectivity index (χ0n) is 11.6. The molecule has 0 radical (unpaired) electrons. The van der Waals surface area contributed by atoms with E-state index in [9.17, 15) is 0 Å². The molecule has 4 nitrogen and oxygen atoms in total. The summed E-state index contributed by atoms with van der Waals surface area (Å²) < 4.78 is 10.6. The number of nitrogens with one attached hydrogen (secondary N) is 1. The van der Waals surface area contributed by atoms with E-state index in [0.717, 1.165) is 27.9 Å². The van der Waals surface area contributed by atoms with Gasteiger partial charge in [-0.25, -0.2) is 4.98 Å². The van der Waals surface area contributed by atoms with Crippen LogP contribution in [0.3, 0.4) is 0 Å². The first kappa shape index (κ1) is 13.7. The van der Waals surface area contributed by atoms with Crippen LogP contribution >= 0.6 is 11.3 Å². The van der Waals surface area contributed by atoms with E-state index in [1.54, 1.807) is 25.6 Å². The van der Waals surface area contributed by atoms with E-state index in [1.165, 1.54) is 0 Å². The van der Waals surface area contributed by atoms with Crippen LogP contribution in [-0.2, 0) is 0 Å². The fourth-order valence-electron chi connectivity index (χ4n) is 1.80.